The SMILES string of the molecule is C[C@H]1CN(C)C(=O)CCNC(=O)[C@H](C)[C@]2(O)CCC(C)(CO[C@H]2C)C1. The molecule has 144 valence electrons. The summed E-state index contributed by atoms with van der Waals surface area (Å²) >= 11 is 0. The van der Waals surface area contributed by atoms with Crippen LogP contribution in [0.5, 0.6) is 0 Å². The maximum absolute atomic E-state index is 12.5. The molecule has 2 rings (SSSR count). The topological polar surface area (TPSA) is 78.9 Å². The van der Waals surface area contributed by atoms with Crippen molar-refractivity contribution in [1.82, 2.24) is 10.2 Å². The molecule has 2 fully saturated rings. The second kappa shape index (κ2) is 7.62. The lowest BCUT2D eigenvalue weighted by molar-refractivity contribution is -0.151. The Morgan fingerprint density at radius 3 is 2.60 bits per heavy atom. The van der Waals surface area contributed by atoms with Gasteiger partial charge in [-0.2, -0.15) is 0 Å². The molecule has 0 aromatic rings. The molecule has 2 amide bonds. The van der Waals surface area contributed by atoms with Crippen molar-refractivity contribution in [3.05, 3.63) is 0 Å². The number of amides is 2. The third kappa shape index (κ3) is 4.53. The Bertz CT molecular complexity index is 512. The third-order valence-corrected chi connectivity index (χ3v) is 6.15. The summed E-state index contributed by atoms with van der Waals surface area (Å²) < 4.78 is 6.02. The average molecular weight is 354 g/mol. The van der Waals surface area contributed by atoms with Crippen LogP contribution >= 0.6 is 0 Å². The molecule has 2 saturated heterocycles. The quantitative estimate of drug-likeness (QED) is 0.692. The first-order valence-corrected chi connectivity index (χ1v) is 9.43. The van der Waals surface area contributed by atoms with Gasteiger partial charge in [-0.1, -0.05) is 20.8 Å². The van der Waals surface area contributed by atoms with Gasteiger partial charge in [0.15, 0.2) is 0 Å². The summed E-state index contributed by atoms with van der Waals surface area (Å²) in [4.78, 5) is 26.5. The van der Waals surface area contributed by atoms with E-state index < -0.39 is 17.6 Å². The minimum atomic E-state index is -1.18. The molecule has 2 aliphatic rings. The van der Waals surface area contributed by atoms with Crippen molar-refractivity contribution in [3.63, 3.8) is 0 Å². The van der Waals surface area contributed by atoms with Gasteiger partial charge in [-0.3, -0.25) is 9.59 Å². The highest BCUT2D eigenvalue weighted by Gasteiger charge is 2.47. The summed E-state index contributed by atoms with van der Waals surface area (Å²) in [6, 6.07) is 0. The van der Waals surface area contributed by atoms with Gasteiger partial charge in [-0.15, -0.1) is 0 Å². The van der Waals surface area contributed by atoms with Crippen molar-refractivity contribution in [2.75, 3.05) is 26.7 Å². The summed E-state index contributed by atoms with van der Waals surface area (Å²) in [6.07, 6.45) is 2.14. The highest BCUT2D eigenvalue weighted by molar-refractivity contribution is 5.81. The van der Waals surface area contributed by atoms with E-state index in [1.807, 2.05) is 14.0 Å². The van der Waals surface area contributed by atoms with Crippen molar-refractivity contribution in [2.45, 2.75) is 65.1 Å². The molecule has 0 saturated carbocycles. The van der Waals surface area contributed by atoms with E-state index in [0.717, 1.165) is 12.8 Å². The zero-order valence-corrected chi connectivity index (χ0v) is 16.3. The Morgan fingerprint density at radius 1 is 1.24 bits per heavy atom. The number of hydrogen-bond donors (Lipinski definition) is 2. The lowest BCUT2D eigenvalue weighted by atomic mass is 9.73. The molecule has 6 heteroatoms. The molecule has 0 aromatic carbocycles. The first kappa shape index (κ1) is 20.2. The van der Waals surface area contributed by atoms with E-state index >= 15 is 0 Å². The van der Waals surface area contributed by atoms with Gasteiger partial charge in [0.2, 0.25) is 11.8 Å². The molecule has 0 aromatic heterocycles. The maximum Gasteiger partial charge on any atom is 0.225 e. The second-order valence-electron chi connectivity index (χ2n) is 8.60. The molecular weight excluding hydrogens is 320 g/mol. The van der Waals surface area contributed by atoms with Crippen LogP contribution in [0.15, 0.2) is 0 Å². The van der Waals surface area contributed by atoms with Crippen molar-refractivity contribution in [2.24, 2.45) is 17.3 Å². The van der Waals surface area contributed by atoms with Crippen molar-refractivity contribution >= 4 is 11.8 Å². The lowest BCUT2D eigenvalue weighted by Crippen LogP contribution is -2.52. The number of carbonyl (C=O) groups excluding carboxylic acids is 2. The van der Waals surface area contributed by atoms with Gasteiger partial charge in [0, 0.05) is 26.6 Å². The van der Waals surface area contributed by atoms with Crippen LogP contribution in [0.3, 0.4) is 0 Å². The molecule has 0 spiro atoms. The van der Waals surface area contributed by atoms with E-state index in [1.54, 1.807) is 11.8 Å². The van der Waals surface area contributed by atoms with Gasteiger partial charge in [-0.05, 0) is 37.5 Å². The van der Waals surface area contributed by atoms with E-state index in [-0.39, 0.29) is 23.7 Å². The number of ether oxygens (including phenoxy) is 1. The summed E-state index contributed by atoms with van der Waals surface area (Å²) in [5.41, 5.74) is -1.25. The Balaban J connectivity index is 2.28. The standard InChI is InChI=1S/C19H34N2O4/c1-13-10-18(4)7-8-19(24,15(3)25-12-18)14(2)17(23)20-9-6-16(22)21(5)11-13/h13-15,24H,6-12H2,1-5H3,(H,20,23)/t13-,14+,15+,18?,19-/m1/s1. The zero-order valence-electron chi connectivity index (χ0n) is 16.3. The van der Waals surface area contributed by atoms with Crippen LogP contribution in [0, 0.1) is 17.3 Å². The van der Waals surface area contributed by atoms with E-state index in [9.17, 15) is 14.7 Å². The highest BCUT2D eigenvalue weighted by Crippen LogP contribution is 2.41. The summed E-state index contributed by atoms with van der Waals surface area (Å²) in [6.45, 7) is 9.50. The van der Waals surface area contributed by atoms with Crippen LogP contribution in [-0.2, 0) is 14.3 Å². The molecule has 2 aliphatic heterocycles. The van der Waals surface area contributed by atoms with E-state index in [1.165, 1.54) is 0 Å². The van der Waals surface area contributed by atoms with Crippen LogP contribution < -0.4 is 5.32 Å². The van der Waals surface area contributed by atoms with Crippen LogP contribution in [0.25, 0.3) is 0 Å². The van der Waals surface area contributed by atoms with E-state index in [0.29, 0.717) is 32.0 Å². The minimum absolute atomic E-state index is 0.0355. The number of nitrogens with one attached hydrogen (secondary N) is 1. The molecule has 25 heavy (non-hydrogen) atoms. The number of nitrogens with zero attached hydrogens (tertiary/aromatic N) is 1. The number of hydrogen-bond acceptors (Lipinski definition) is 4. The number of fused-ring (bicyclic) bond motifs is 3. The molecule has 2 heterocycles. The summed E-state index contributed by atoms with van der Waals surface area (Å²) in [5.74, 6) is -0.423. The molecule has 0 radical (unpaired) electrons. The van der Waals surface area contributed by atoms with Gasteiger partial charge >= 0.3 is 0 Å². The first-order chi connectivity index (χ1) is 11.6. The van der Waals surface area contributed by atoms with Crippen LogP contribution in [-0.4, -0.2) is 60.3 Å². The van der Waals surface area contributed by atoms with Gasteiger partial charge < -0.3 is 20.1 Å². The molecule has 2 bridgehead atoms. The predicted molar refractivity (Wildman–Crippen MR) is 95.9 cm³/mol. The van der Waals surface area contributed by atoms with Gasteiger partial charge in [-0.25, -0.2) is 0 Å². The van der Waals surface area contributed by atoms with Gasteiger partial charge in [0.25, 0.3) is 0 Å². The fourth-order valence-electron chi connectivity index (χ4n) is 4.32. The van der Waals surface area contributed by atoms with E-state index in [2.05, 4.69) is 19.2 Å². The van der Waals surface area contributed by atoms with E-state index in [4.69, 9.17) is 4.74 Å². The van der Waals surface area contributed by atoms with Crippen molar-refractivity contribution < 1.29 is 19.4 Å². The highest BCUT2D eigenvalue weighted by atomic mass is 16.5. The molecule has 2 N–H and O–H groups in total. The molecule has 6 nitrogen and oxygen atoms in total. The lowest BCUT2D eigenvalue weighted by Gasteiger charge is -2.37. The normalized spacial score (nSPS) is 41.8. The monoisotopic (exact) mass is 354 g/mol. The third-order valence-electron chi connectivity index (χ3n) is 6.15. The summed E-state index contributed by atoms with van der Waals surface area (Å²) in [7, 11) is 1.82. The van der Waals surface area contributed by atoms with Gasteiger partial charge in [0.1, 0.15) is 5.60 Å². The molecule has 1 unspecified atom stereocenters. The fraction of sp³-hybridized carbons (Fsp3) is 0.895. The molecule has 5 atom stereocenters. The zero-order chi connectivity index (χ0) is 18.8. The minimum Gasteiger partial charge on any atom is -0.386 e. The Labute approximate surface area is 151 Å². The second-order valence-corrected chi connectivity index (χ2v) is 8.60. The smallest absolute Gasteiger partial charge is 0.225 e. The maximum atomic E-state index is 12.5. The number of rotatable bonds is 0. The largest absolute Gasteiger partial charge is 0.386 e. The molecule has 0 aliphatic carbocycles. The average Bonchev–Trinajstić information content (AvgIpc) is 2.65. The number of carbonyl (C=O) groups is 2. The Morgan fingerprint density at radius 2 is 1.92 bits per heavy atom. The Hall–Kier alpha value is -1.14. The Kier molecular flexibility index (Phi) is 6.15. The number of aliphatic hydroxyl groups is 1. The van der Waals surface area contributed by atoms with Crippen LogP contribution in [0.2, 0.25) is 0 Å². The van der Waals surface area contributed by atoms with Crippen molar-refractivity contribution in [1.29, 1.82) is 0 Å². The predicted octanol–water partition coefficient (Wildman–Crippen LogP) is 1.56. The molecular formula is C19H34N2O4. The summed E-state index contributed by atoms with van der Waals surface area (Å²) in [5, 5.41) is 14.0. The fourth-order valence-corrected chi connectivity index (χ4v) is 4.32. The van der Waals surface area contributed by atoms with Crippen LogP contribution in [0.1, 0.15) is 53.4 Å². The van der Waals surface area contributed by atoms with Gasteiger partial charge in [0.05, 0.1) is 18.6 Å². The first-order valence-electron chi connectivity index (χ1n) is 9.43. The van der Waals surface area contributed by atoms with Crippen LogP contribution in [0.4, 0.5) is 0 Å². The van der Waals surface area contributed by atoms with Crippen molar-refractivity contribution in [3.8, 4) is 0 Å².